The zero-order chi connectivity index (χ0) is 12.8. The molecule has 1 aliphatic heterocycles. The molecule has 0 saturated carbocycles. The molecule has 1 unspecified atom stereocenters. The molecule has 1 saturated heterocycles. The van der Waals surface area contributed by atoms with Crippen molar-refractivity contribution in [2.24, 2.45) is 5.92 Å². The molecular weight excluding hydrogens is 230 g/mol. The Morgan fingerprint density at radius 2 is 2.33 bits per heavy atom. The highest BCUT2D eigenvalue weighted by atomic mass is 16.5. The number of nitrogens with zero attached hydrogens (tertiary/aromatic N) is 2. The van der Waals surface area contributed by atoms with Crippen molar-refractivity contribution in [3.63, 3.8) is 0 Å². The summed E-state index contributed by atoms with van der Waals surface area (Å²) in [5, 5.41) is 16.5. The number of aliphatic hydroxyl groups excluding tert-OH is 1. The molecule has 1 aliphatic rings. The standard InChI is InChI=1S/C13H23N3O2/c1-11(8-12-2-6-18-7-3-12)15-13-9-14-16(10-13)4-5-17/h9-12,15,17H,2-8H2,1H3. The molecule has 2 rings (SSSR count). The molecule has 102 valence electrons. The van der Waals surface area contributed by atoms with Gasteiger partial charge >= 0.3 is 0 Å². The molecule has 0 amide bonds. The number of rotatable bonds is 6. The van der Waals surface area contributed by atoms with Crippen LogP contribution in [0.1, 0.15) is 26.2 Å². The second-order valence-corrected chi connectivity index (χ2v) is 5.05. The van der Waals surface area contributed by atoms with Crippen LogP contribution in [-0.4, -0.2) is 40.7 Å². The van der Waals surface area contributed by atoms with Gasteiger partial charge in [0, 0.05) is 25.5 Å². The number of hydrogen-bond acceptors (Lipinski definition) is 4. The van der Waals surface area contributed by atoms with E-state index in [4.69, 9.17) is 9.84 Å². The Morgan fingerprint density at radius 1 is 1.56 bits per heavy atom. The van der Waals surface area contributed by atoms with E-state index in [1.165, 1.54) is 19.3 Å². The molecule has 0 aliphatic carbocycles. The van der Waals surface area contributed by atoms with E-state index in [9.17, 15) is 0 Å². The summed E-state index contributed by atoms with van der Waals surface area (Å²) >= 11 is 0. The fourth-order valence-electron chi connectivity index (χ4n) is 2.49. The minimum atomic E-state index is 0.124. The largest absolute Gasteiger partial charge is 0.394 e. The molecule has 1 aromatic heterocycles. The minimum Gasteiger partial charge on any atom is -0.394 e. The van der Waals surface area contributed by atoms with Crippen molar-refractivity contribution in [3.05, 3.63) is 12.4 Å². The van der Waals surface area contributed by atoms with E-state index in [2.05, 4.69) is 17.3 Å². The second kappa shape index (κ2) is 6.75. The summed E-state index contributed by atoms with van der Waals surface area (Å²) in [6.45, 7) is 4.70. The second-order valence-electron chi connectivity index (χ2n) is 5.05. The molecule has 0 radical (unpaired) electrons. The smallest absolute Gasteiger partial charge is 0.0728 e. The van der Waals surface area contributed by atoms with Crippen molar-refractivity contribution in [1.82, 2.24) is 9.78 Å². The SMILES string of the molecule is CC(CC1CCOCC1)Nc1cnn(CCO)c1. The van der Waals surface area contributed by atoms with Gasteiger partial charge in [0.25, 0.3) is 0 Å². The first-order valence-electron chi connectivity index (χ1n) is 6.75. The highest BCUT2D eigenvalue weighted by Gasteiger charge is 2.16. The van der Waals surface area contributed by atoms with Gasteiger partial charge in [-0.3, -0.25) is 4.68 Å². The average Bonchev–Trinajstić information content (AvgIpc) is 2.78. The van der Waals surface area contributed by atoms with Crippen LogP contribution in [0.15, 0.2) is 12.4 Å². The summed E-state index contributed by atoms with van der Waals surface area (Å²) in [4.78, 5) is 0. The number of hydrogen-bond donors (Lipinski definition) is 2. The van der Waals surface area contributed by atoms with Crippen molar-refractivity contribution in [2.75, 3.05) is 25.1 Å². The number of ether oxygens (including phenoxy) is 1. The maximum absolute atomic E-state index is 8.83. The Balaban J connectivity index is 1.76. The van der Waals surface area contributed by atoms with Crippen LogP contribution in [0.5, 0.6) is 0 Å². The average molecular weight is 253 g/mol. The number of aliphatic hydroxyl groups is 1. The third kappa shape index (κ3) is 3.99. The summed E-state index contributed by atoms with van der Waals surface area (Å²) in [5.41, 5.74) is 1.03. The van der Waals surface area contributed by atoms with E-state index >= 15 is 0 Å². The molecule has 1 fully saturated rings. The van der Waals surface area contributed by atoms with Crippen LogP contribution in [0.4, 0.5) is 5.69 Å². The fraction of sp³-hybridized carbons (Fsp3) is 0.769. The lowest BCUT2D eigenvalue weighted by atomic mass is 9.93. The molecule has 0 bridgehead atoms. The number of nitrogens with one attached hydrogen (secondary N) is 1. The molecular formula is C13H23N3O2. The van der Waals surface area contributed by atoms with Crippen molar-refractivity contribution < 1.29 is 9.84 Å². The van der Waals surface area contributed by atoms with Crippen LogP contribution >= 0.6 is 0 Å². The van der Waals surface area contributed by atoms with E-state index in [1.807, 2.05) is 12.4 Å². The highest BCUT2D eigenvalue weighted by Crippen LogP contribution is 2.21. The first-order valence-corrected chi connectivity index (χ1v) is 6.75. The minimum absolute atomic E-state index is 0.124. The van der Waals surface area contributed by atoms with Gasteiger partial charge in [-0.15, -0.1) is 0 Å². The fourth-order valence-corrected chi connectivity index (χ4v) is 2.49. The molecule has 2 heterocycles. The lowest BCUT2D eigenvalue weighted by Gasteiger charge is -2.25. The Hall–Kier alpha value is -1.07. The Labute approximate surface area is 108 Å². The summed E-state index contributed by atoms with van der Waals surface area (Å²) in [6, 6.07) is 0.444. The van der Waals surface area contributed by atoms with Crippen molar-refractivity contribution >= 4 is 5.69 Å². The molecule has 1 aromatic rings. The quantitative estimate of drug-likeness (QED) is 0.806. The van der Waals surface area contributed by atoms with E-state index < -0.39 is 0 Å². The predicted octanol–water partition coefficient (Wildman–Crippen LogP) is 1.49. The van der Waals surface area contributed by atoms with Crippen LogP contribution in [0.3, 0.4) is 0 Å². The molecule has 1 atom stereocenters. The first-order chi connectivity index (χ1) is 8.78. The zero-order valence-corrected chi connectivity index (χ0v) is 11.0. The summed E-state index contributed by atoms with van der Waals surface area (Å²) < 4.78 is 7.13. The van der Waals surface area contributed by atoms with E-state index in [1.54, 1.807) is 4.68 Å². The van der Waals surface area contributed by atoms with Gasteiger partial charge in [-0.05, 0) is 32.1 Å². The number of anilines is 1. The molecule has 2 N–H and O–H groups in total. The summed E-state index contributed by atoms with van der Waals surface area (Å²) in [6.07, 6.45) is 7.28. The van der Waals surface area contributed by atoms with Crippen molar-refractivity contribution in [3.8, 4) is 0 Å². The Morgan fingerprint density at radius 3 is 3.06 bits per heavy atom. The predicted molar refractivity (Wildman–Crippen MR) is 70.6 cm³/mol. The normalized spacial score (nSPS) is 18.8. The van der Waals surface area contributed by atoms with Gasteiger partial charge in [-0.2, -0.15) is 5.10 Å². The van der Waals surface area contributed by atoms with Gasteiger partial charge < -0.3 is 15.2 Å². The molecule has 0 aromatic carbocycles. The van der Waals surface area contributed by atoms with Crippen LogP contribution in [0, 0.1) is 5.92 Å². The monoisotopic (exact) mass is 253 g/mol. The van der Waals surface area contributed by atoms with Crippen LogP contribution in [-0.2, 0) is 11.3 Å². The third-order valence-electron chi connectivity index (χ3n) is 3.40. The van der Waals surface area contributed by atoms with Crippen LogP contribution in [0.2, 0.25) is 0 Å². The highest BCUT2D eigenvalue weighted by molar-refractivity contribution is 5.39. The van der Waals surface area contributed by atoms with Gasteiger partial charge in [0.05, 0.1) is 25.0 Å². The lowest BCUT2D eigenvalue weighted by Crippen LogP contribution is -2.24. The maximum Gasteiger partial charge on any atom is 0.0728 e. The van der Waals surface area contributed by atoms with Crippen LogP contribution in [0.25, 0.3) is 0 Å². The summed E-state index contributed by atoms with van der Waals surface area (Å²) in [7, 11) is 0. The molecule has 18 heavy (non-hydrogen) atoms. The van der Waals surface area contributed by atoms with Gasteiger partial charge in [0.2, 0.25) is 0 Å². The van der Waals surface area contributed by atoms with Gasteiger partial charge in [-0.25, -0.2) is 0 Å². The lowest BCUT2D eigenvalue weighted by molar-refractivity contribution is 0.0629. The van der Waals surface area contributed by atoms with E-state index in [0.29, 0.717) is 12.6 Å². The number of aromatic nitrogens is 2. The van der Waals surface area contributed by atoms with Gasteiger partial charge in [0.15, 0.2) is 0 Å². The first kappa shape index (κ1) is 13.4. The van der Waals surface area contributed by atoms with E-state index in [-0.39, 0.29) is 6.61 Å². The maximum atomic E-state index is 8.83. The molecule has 5 nitrogen and oxygen atoms in total. The van der Waals surface area contributed by atoms with Gasteiger partial charge in [0.1, 0.15) is 0 Å². The third-order valence-corrected chi connectivity index (χ3v) is 3.40. The Bertz CT molecular complexity index is 348. The van der Waals surface area contributed by atoms with Gasteiger partial charge in [-0.1, -0.05) is 0 Å². The topological polar surface area (TPSA) is 59.3 Å². The van der Waals surface area contributed by atoms with Crippen molar-refractivity contribution in [1.29, 1.82) is 0 Å². The van der Waals surface area contributed by atoms with Crippen molar-refractivity contribution in [2.45, 2.75) is 38.8 Å². The van der Waals surface area contributed by atoms with Crippen LogP contribution < -0.4 is 5.32 Å². The Kier molecular flexibility index (Phi) is 5.01. The molecule has 0 spiro atoms. The summed E-state index contributed by atoms with van der Waals surface area (Å²) in [5.74, 6) is 0.772. The molecule has 5 heteroatoms. The zero-order valence-electron chi connectivity index (χ0n) is 11.0. The van der Waals surface area contributed by atoms with E-state index in [0.717, 1.165) is 24.8 Å².